The Morgan fingerprint density at radius 3 is 2.33 bits per heavy atom. The third-order valence-electron chi connectivity index (χ3n) is 15.8. The SMILES string of the molecule is Cc1cc(-n2nc3c(c2-n2ccn(-c4ccc5c(cnn5C)c4F)c2=O)[C@H](C)N(C(=O)c2cc4cc([C@H]5CCOC(C)(C)C5)ccc4n2[C@@]2(c4noc(=O)[nH]4)C[C@@H]2C)CC32CC(O)C2)cc(C)c1F. The van der Waals surface area contributed by atoms with E-state index in [9.17, 15) is 14.7 Å². The zero-order valence-electron chi connectivity index (χ0n) is 39.4. The molecule has 8 aromatic rings. The summed E-state index contributed by atoms with van der Waals surface area (Å²) in [6, 6.07) is 14.1. The monoisotopic (exact) mass is 938 g/mol. The third kappa shape index (κ3) is 6.29. The molecule has 1 spiro atoms. The summed E-state index contributed by atoms with van der Waals surface area (Å²) < 4.78 is 50.6. The van der Waals surface area contributed by atoms with Crippen LogP contribution < -0.4 is 11.4 Å². The number of fused-ring (bicyclic) bond motifs is 4. The highest BCUT2D eigenvalue weighted by atomic mass is 19.1. The van der Waals surface area contributed by atoms with Gasteiger partial charge >= 0.3 is 11.4 Å². The van der Waals surface area contributed by atoms with Crippen molar-refractivity contribution in [1.82, 2.24) is 48.3 Å². The van der Waals surface area contributed by atoms with E-state index < -0.39 is 40.4 Å². The number of benzene rings is 3. The molecule has 2 saturated carbocycles. The average Bonchev–Trinajstić information content (AvgIpc) is 3.94. The van der Waals surface area contributed by atoms with Gasteiger partial charge in [-0.3, -0.25) is 28.1 Å². The number of aryl methyl sites for hydroxylation is 3. The van der Waals surface area contributed by atoms with E-state index in [0.29, 0.717) is 64.0 Å². The molecule has 4 atom stereocenters. The predicted molar refractivity (Wildman–Crippen MR) is 250 cm³/mol. The maximum Gasteiger partial charge on any atom is 0.438 e. The van der Waals surface area contributed by atoms with Crippen LogP contribution in [0.25, 0.3) is 39.0 Å². The fourth-order valence-corrected chi connectivity index (χ4v) is 12.2. The van der Waals surface area contributed by atoms with Gasteiger partial charge in [0.05, 0.1) is 51.9 Å². The molecule has 16 nitrogen and oxygen atoms in total. The molecule has 12 rings (SSSR count). The van der Waals surface area contributed by atoms with Crippen molar-refractivity contribution in [3.05, 3.63) is 139 Å². The van der Waals surface area contributed by atoms with Gasteiger partial charge in [-0.05, 0) is 138 Å². The number of nitrogens with zero attached hydrogens (tertiary/aromatic N) is 9. The molecule has 4 aliphatic rings. The minimum atomic E-state index is -0.908. The lowest BCUT2D eigenvalue weighted by molar-refractivity contribution is -0.0592. The van der Waals surface area contributed by atoms with Crippen molar-refractivity contribution in [3.63, 3.8) is 0 Å². The van der Waals surface area contributed by atoms with E-state index >= 15 is 13.6 Å². The number of aliphatic hydroxyl groups is 1. The smallest absolute Gasteiger partial charge is 0.393 e. The van der Waals surface area contributed by atoms with Crippen LogP contribution in [0.2, 0.25) is 0 Å². The molecule has 356 valence electrons. The molecule has 0 radical (unpaired) electrons. The van der Waals surface area contributed by atoms with Gasteiger partial charge in [0, 0.05) is 54.5 Å². The standard InChI is InChI=1S/C51H52F2N10O6/c1-26-16-33(17-27(2)41(26)52)63-44(60-14-13-59(48(60)67)38-11-10-37-35(42(38)53)24-54-58(37)7)40-29(4)61(25-50(43(40)56-63)22-34(64)23-50)45(65)39-19-32-18-30(31-12-15-68-49(5,6)21-31)8-9-36(32)62(39)51(20-28(51)3)46-55-47(66)69-57-46/h8-11,13-14,16-19,24,28-29,31,34,64H,12,15,20-23,25H2,1-7H3,(H,55,57,66)/t28-,29-,31-,34?,50?,51-/m0/s1. The number of hydrogen-bond donors (Lipinski definition) is 2. The Labute approximate surface area is 393 Å². The van der Waals surface area contributed by atoms with Gasteiger partial charge in [0.15, 0.2) is 11.6 Å². The van der Waals surface area contributed by atoms with Crippen LogP contribution in [0.1, 0.15) is 116 Å². The molecule has 0 bridgehead atoms. The highest BCUT2D eigenvalue weighted by Crippen LogP contribution is 2.57. The number of amides is 1. The van der Waals surface area contributed by atoms with Gasteiger partial charge in [0.25, 0.3) is 5.91 Å². The summed E-state index contributed by atoms with van der Waals surface area (Å²) in [5.41, 5.74) is 2.63. The number of ether oxygens (including phenoxy) is 1. The van der Waals surface area contributed by atoms with E-state index in [1.165, 1.54) is 27.6 Å². The van der Waals surface area contributed by atoms with Gasteiger partial charge < -0.3 is 19.3 Å². The molecule has 1 amide bonds. The number of aromatic nitrogens is 9. The number of aromatic amines is 1. The Hall–Kier alpha value is -6.92. The van der Waals surface area contributed by atoms with Gasteiger partial charge in [-0.1, -0.05) is 18.1 Å². The van der Waals surface area contributed by atoms with Crippen molar-refractivity contribution in [2.24, 2.45) is 13.0 Å². The van der Waals surface area contributed by atoms with Crippen LogP contribution in [0, 0.1) is 31.4 Å². The van der Waals surface area contributed by atoms with Gasteiger partial charge in [-0.15, -0.1) is 0 Å². The number of aliphatic hydroxyl groups excluding tert-OH is 1. The number of hydrogen-bond acceptors (Lipinski definition) is 9. The molecule has 5 aromatic heterocycles. The first kappa shape index (κ1) is 43.4. The van der Waals surface area contributed by atoms with Gasteiger partial charge in [0.1, 0.15) is 22.9 Å². The second-order valence-electron chi connectivity index (χ2n) is 20.7. The Bertz CT molecular complexity index is 3560. The Morgan fingerprint density at radius 1 is 0.928 bits per heavy atom. The van der Waals surface area contributed by atoms with Crippen molar-refractivity contribution in [2.75, 3.05) is 13.2 Å². The van der Waals surface area contributed by atoms with Crippen LogP contribution in [-0.2, 0) is 22.7 Å². The number of imidazole rings is 1. The summed E-state index contributed by atoms with van der Waals surface area (Å²) in [4.78, 5) is 48.1. The topological polar surface area (TPSA) is 176 Å². The van der Waals surface area contributed by atoms with Crippen LogP contribution in [0.4, 0.5) is 8.78 Å². The zero-order valence-corrected chi connectivity index (χ0v) is 39.4. The van der Waals surface area contributed by atoms with Crippen molar-refractivity contribution in [1.29, 1.82) is 0 Å². The second kappa shape index (κ2) is 14.8. The van der Waals surface area contributed by atoms with E-state index in [1.807, 2.05) is 17.6 Å². The first-order valence-corrected chi connectivity index (χ1v) is 23.6. The summed E-state index contributed by atoms with van der Waals surface area (Å²) in [5.74, 6) is -1.18. The number of nitrogens with one attached hydrogen (secondary N) is 1. The minimum absolute atomic E-state index is 0.0179. The van der Waals surface area contributed by atoms with Crippen LogP contribution in [0.3, 0.4) is 0 Å². The van der Waals surface area contributed by atoms with E-state index in [0.717, 1.165) is 29.3 Å². The molecule has 0 unspecified atom stereocenters. The second-order valence-corrected chi connectivity index (χ2v) is 20.7. The van der Waals surface area contributed by atoms with Crippen LogP contribution >= 0.6 is 0 Å². The number of H-pyrrole nitrogens is 1. The average molecular weight is 939 g/mol. The first-order valence-electron chi connectivity index (χ1n) is 23.6. The van der Waals surface area contributed by atoms with Crippen molar-refractivity contribution in [2.45, 2.75) is 108 Å². The van der Waals surface area contributed by atoms with Crippen LogP contribution in [-0.4, -0.2) is 84.2 Å². The van der Waals surface area contributed by atoms with Crippen molar-refractivity contribution < 1.29 is 27.9 Å². The van der Waals surface area contributed by atoms with Gasteiger partial charge in [-0.25, -0.2) is 23.1 Å². The minimum Gasteiger partial charge on any atom is -0.393 e. The Balaban J connectivity index is 1.05. The lowest BCUT2D eigenvalue weighted by atomic mass is 9.61. The van der Waals surface area contributed by atoms with E-state index in [1.54, 1.807) is 59.6 Å². The maximum atomic E-state index is 16.3. The molecule has 18 heteroatoms. The summed E-state index contributed by atoms with van der Waals surface area (Å²) >= 11 is 0. The zero-order chi connectivity index (χ0) is 48.2. The van der Waals surface area contributed by atoms with Crippen LogP contribution in [0.15, 0.2) is 81.2 Å². The molecular formula is C51H52F2N10O6. The fourth-order valence-electron chi connectivity index (χ4n) is 12.2. The molecular weight excluding hydrogens is 887 g/mol. The summed E-state index contributed by atoms with van der Waals surface area (Å²) in [7, 11) is 1.71. The first-order chi connectivity index (χ1) is 32.9. The summed E-state index contributed by atoms with van der Waals surface area (Å²) in [5, 5.41) is 25.9. The lowest BCUT2D eigenvalue weighted by Crippen LogP contribution is -2.57. The largest absolute Gasteiger partial charge is 0.438 e. The van der Waals surface area contributed by atoms with E-state index in [4.69, 9.17) is 14.4 Å². The number of carbonyl (C=O) groups excluding carboxylic acids is 1. The molecule has 1 saturated heterocycles. The number of rotatable bonds is 7. The molecule has 2 N–H and O–H groups in total. The molecule has 2 aliphatic heterocycles. The van der Waals surface area contributed by atoms with Gasteiger partial charge in [-0.2, -0.15) is 10.2 Å². The normalized spacial score (nSPS) is 25.2. The summed E-state index contributed by atoms with van der Waals surface area (Å²) in [6.45, 7) is 12.3. The Kier molecular flexibility index (Phi) is 9.30. The van der Waals surface area contributed by atoms with Gasteiger partial charge in [0.2, 0.25) is 0 Å². The maximum absolute atomic E-state index is 16.3. The van der Waals surface area contributed by atoms with E-state index in [2.05, 4.69) is 54.2 Å². The third-order valence-corrected chi connectivity index (χ3v) is 15.8. The molecule has 3 fully saturated rings. The predicted octanol–water partition coefficient (Wildman–Crippen LogP) is 7.29. The van der Waals surface area contributed by atoms with Crippen molar-refractivity contribution >= 4 is 27.7 Å². The molecule has 69 heavy (non-hydrogen) atoms. The van der Waals surface area contributed by atoms with Crippen molar-refractivity contribution in [3.8, 4) is 17.2 Å². The lowest BCUT2D eigenvalue weighted by Gasteiger charge is -2.52. The quantitative estimate of drug-likeness (QED) is 0.166. The number of halogens is 2. The fraction of sp³-hybridized carbons (Fsp3) is 0.412. The highest BCUT2D eigenvalue weighted by molar-refractivity contribution is 6.00. The highest BCUT2D eigenvalue weighted by Gasteiger charge is 2.60. The van der Waals surface area contributed by atoms with Crippen LogP contribution in [0.5, 0.6) is 0 Å². The summed E-state index contributed by atoms with van der Waals surface area (Å²) in [6.07, 6.45) is 6.63. The van der Waals surface area contributed by atoms with E-state index in [-0.39, 0.29) is 59.6 Å². The Morgan fingerprint density at radius 2 is 1.65 bits per heavy atom. The molecule has 3 aromatic carbocycles. The molecule has 7 heterocycles. The molecule has 2 aliphatic carbocycles. The number of carbonyl (C=O) groups is 1.